The Balaban J connectivity index is 2.09. The van der Waals surface area contributed by atoms with E-state index in [0.717, 1.165) is 0 Å². The molecule has 0 atom stereocenters. The number of non-ortho nitro benzene ring substituents is 1. The summed E-state index contributed by atoms with van der Waals surface area (Å²) in [6.45, 7) is 4.10. The number of hydrogen-bond acceptors (Lipinski definition) is 6. The second kappa shape index (κ2) is 8.14. The summed E-state index contributed by atoms with van der Waals surface area (Å²) in [4.78, 5) is 37.7. The lowest BCUT2D eigenvalue weighted by Crippen LogP contribution is -2.35. The van der Waals surface area contributed by atoms with Crippen molar-refractivity contribution in [2.24, 2.45) is 5.92 Å². The van der Waals surface area contributed by atoms with Crippen molar-refractivity contribution in [1.82, 2.24) is 4.90 Å². The molecule has 2 aromatic carbocycles. The molecular weight excluding hydrogens is 374 g/mol. The number of nitro groups is 1. The number of anilines is 1. The van der Waals surface area contributed by atoms with E-state index in [9.17, 15) is 19.7 Å². The van der Waals surface area contributed by atoms with Crippen LogP contribution >= 0.6 is 0 Å². The molecule has 1 N–H and O–H groups in total. The van der Waals surface area contributed by atoms with Crippen LogP contribution < -0.4 is 10.1 Å². The van der Waals surface area contributed by atoms with Crippen LogP contribution in [0.15, 0.2) is 54.2 Å². The molecule has 0 aliphatic carbocycles. The number of benzene rings is 2. The van der Waals surface area contributed by atoms with E-state index in [1.54, 1.807) is 24.3 Å². The molecule has 0 spiro atoms. The number of nitrogens with zero attached hydrogens (tertiary/aromatic N) is 2. The second-order valence-electron chi connectivity index (χ2n) is 6.99. The van der Waals surface area contributed by atoms with E-state index in [1.807, 2.05) is 13.8 Å². The number of rotatable bonds is 7. The van der Waals surface area contributed by atoms with Crippen LogP contribution in [0.25, 0.3) is 5.57 Å². The summed E-state index contributed by atoms with van der Waals surface area (Å²) in [6, 6.07) is 12.6. The molecular formula is C21H21N3O5. The quantitative estimate of drug-likeness (QED) is 0.438. The Hall–Kier alpha value is -3.68. The van der Waals surface area contributed by atoms with Crippen molar-refractivity contribution in [2.45, 2.75) is 13.8 Å². The van der Waals surface area contributed by atoms with Crippen LogP contribution in [-0.4, -0.2) is 35.3 Å². The third-order valence-corrected chi connectivity index (χ3v) is 4.45. The van der Waals surface area contributed by atoms with Crippen molar-refractivity contribution >= 4 is 28.8 Å². The Bertz CT molecular complexity index is 996. The molecule has 2 aromatic rings. The lowest BCUT2D eigenvalue weighted by Gasteiger charge is -2.17. The van der Waals surface area contributed by atoms with Crippen LogP contribution in [-0.2, 0) is 9.59 Å². The fourth-order valence-electron chi connectivity index (χ4n) is 3.12. The standard InChI is InChI=1S/C21H21N3O5/c1-13(2)12-23-20(25)18(14-8-10-15(11-9-14)24(27)28)19(21(23)26)22-16-6-4-5-7-17(16)29-3/h4-11,13,22H,12H2,1-3H3. The third-order valence-electron chi connectivity index (χ3n) is 4.45. The van der Waals surface area contributed by atoms with Gasteiger partial charge in [0, 0.05) is 18.7 Å². The first-order valence-electron chi connectivity index (χ1n) is 9.08. The molecule has 1 aliphatic heterocycles. The number of ether oxygens (including phenoxy) is 1. The maximum absolute atomic E-state index is 13.1. The first-order chi connectivity index (χ1) is 13.8. The predicted molar refractivity (Wildman–Crippen MR) is 108 cm³/mol. The Labute approximate surface area is 167 Å². The Morgan fingerprint density at radius 1 is 1.07 bits per heavy atom. The van der Waals surface area contributed by atoms with Gasteiger partial charge in [-0.1, -0.05) is 26.0 Å². The van der Waals surface area contributed by atoms with E-state index >= 15 is 0 Å². The van der Waals surface area contributed by atoms with Crippen LogP contribution in [0.1, 0.15) is 19.4 Å². The highest BCUT2D eigenvalue weighted by Crippen LogP contribution is 2.34. The van der Waals surface area contributed by atoms with Crippen LogP contribution in [0.2, 0.25) is 0 Å². The Morgan fingerprint density at radius 3 is 2.31 bits per heavy atom. The van der Waals surface area contributed by atoms with Gasteiger partial charge in [0.25, 0.3) is 17.5 Å². The van der Waals surface area contributed by atoms with Gasteiger partial charge in [-0.3, -0.25) is 24.6 Å². The number of methoxy groups -OCH3 is 1. The van der Waals surface area contributed by atoms with Crippen LogP contribution in [0, 0.1) is 16.0 Å². The Morgan fingerprint density at radius 2 is 1.72 bits per heavy atom. The predicted octanol–water partition coefficient (Wildman–Crippen LogP) is 3.45. The zero-order valence-electron chi connectivity index (χ0n) is 16.3. The fourth-order valence-corrected chi connectivity index (χ4v) is 3.12. The first-order valence-corrected chi connectivity index (χ1v) is 9.08. The highest BCUT2D eigenvalue weighted by atomic mass is 16.6. The molecule has 3 rings (SSSR count). The topological polar surface area (TPSA) is 102 Å². The molecule has 150 valence electrons. The lowest BCUT2D eigenvalue weighted by molar-refractivity contribution is -0.384. The zero-order chi connectivity index (χ0) is 21.1. The van der Waals surface area contributed by atoms with Crippen molar-refractivity contribution in [1.29, 1.82) is 0 Å². The summed E-state index contributed by atoms with van der Waals surface area (Å²) < 4.78 is 5.32. The normalized spacial score (nSPS) is 14.0. The number of para-hydroxylation sites is 2. The number of nitrogens with one attached hydrogen (secondary N) is 1. The number of hydrogen-bond donors (Lipinski definition) is 1. The van der Waals surface area contributed by atoms with Gasteiger partial charge in [-0.25, -0.2) is 0 Å². The van der Waals surface area contributed by atoms with Gasteiger partial charge < -0.3 is 10.1 Å². The number of carbonyl (C=O) groups excluding carboxylic acids is 2. The largest absolute Gasteiger partial charge is 0.495 e. The van der Waals surface area contributed by atoms with E-state index < -0.39 is 16.7 Å². The van der Waals surface area contributed by atoms with Gasteiger partial charge in [0.05, 0.1) is 23.3 Å². The van der Waals surface area contributed by atoms with Gasteiger partial charge >= 0.3 is 0 Å². The Kier molecular flexibility index (Phi) is 5.63. The molecule has 0 unspecified atom stereocenters. The molecule has 1 heterocycles. The summed E-state index contributed by atoms with van der Waals surface area (Å²) in [6.07, 6.45) is 0. The molecule has 29 heavy (non-hydrogen) atoms. The second-order valence-corrected chi connectivity index (χ2v) is 6.99. The smallest absolute Gasteiger partial charge is 0.278 e. The summed E-state index contributed by atoms with van der Waals surface area (Å²) >= 11 is 0. The minimum Gasteiger partial charge on any atom is -0.495 e. The van der Waals surface area contributed by atoms with Crippen molar-refractivity contribution in [3.05, 3.63) is 69.9 Å². The van der Waals surface area contributed by atoms with Crippen molar-refractivity contribution in [2.75, 3.05) is 19.0 Å². The third kappa shape index (κ3) is 3.96. The van der Waals surface area contributed by atoms with Crippen LogP contribution in [0.4, 0.5) is 11.4 Å². The summed E-state index contributed by atoms with van der Waals surface area (Å²) in [5.74, 6) is -0.268. The molecule has 2 amide bonds. The number of nitro benzene ring substituents is 1. The maximum Gasteiger partial charge on any atom is 0.278 e. The molecule has 8 nitrogen and oxygen atoms in total. The summed E-state index contributed by atoms with van der Waals surface area (Å²) in [5.41, 5.74) is 1.17. The van der Waals surface area contributed by atoms with E-state index in [0.29, 0.717) is 17.0 Å². The van der Waals surface area contributed by atoms with Gasteiger partial charge in [-0.05, 0) is 35.7 Å². The van der Waals surface area contributed by atoms with Gasteiger partial charge in [-0.2, -0.15) is 0 Å². The van der Waals surface area contributed by atoms with E-state index in [2.05, 4.69) is 5.32 Å². The van der Waals surface area contributed by atoms with Crippen molar-refractivity contribution in [3.8, 4) is 5.75 Å². The maximum atomic E-state index is 13.1. The lowest BCUT2D eigenvalue weighted by atomic mass is 10.0. The van der Waals surface area contributed by atoms with Crippen LogP contribution in [0.5, 0.6) is 5.75 Å². The highest BCUT2D eigenvalue weighted by Gasteiger charge is 2.39. The van der Waals surface area contributed by atoms with E-state index in [4.69, 9.17) is 4.74 Å². The molecule has 0 radical (unpaired) electrons. The summed E-state index contributed by atoms with van der Waals surface area (Å²) in [7, 11) is 1.51. The van der Waals surface area contributed by atoms with Gasteiger partial charge in [-0.15, -0.1) is 0 Å². The molecule has 1 aliphatic rings. The van der Waals surface area contributed by atoms with Crippen molar-refractivity contribution < 1.29 is 19.2 Å². The minimum atomic E-state index is -0.515. The average Bonchev–Trinajstić information content (AvgIpc) is 2.92. The molecule has 8 heteroatoms. The number of carbonyl (C=O) groups is 2. The SMILES string of the molecule is COc1ccccc1NC1=C(c2ccc([N+](=O)[O-])cc2)C(=O)N(CC(C)C)C1=O. The van der Waals surface area contributed by atoms with E-state index in [-0.39, 0.29) is 29.4 Å². The van der Waals surface area contributed by atoms with Crippen LogP contribution in [0.3, 0.4) is 0 Å². The number of imide groups is 1. The monoisotopic (exact) mass is 395 g/mol. The zero-order valence-corrected chi connectivity index (χ0v) is 16.3. The van der Waals surface area contributed by atoms with Crippen molar-refractivity contribution in [3.63, 3.8) is 0 Å². The molecule has 0 aromatic heterocycles. The molecule has 0 fully saturated rings. The average molecular weight is 395 g/mol. The fraction of sp³-hybridized carbons (Fsp3) is 0.238. The minimum absolute atomic E-state index is 0.0895. The molecule has 0 bridgehead atoms. The number of amides is 2. The van der Waals surface area contributed by atoms with E-state index in [1.165, 1.54) is 36.3 Å². The summed E-state index contributed by atoms with van der Waals surface area (Å²) in [5, 5.41) is 14.0. The van der Waals surface area contributed by atoms with Gasteiger partial charge in [0.2, 0.25) is 0 Å². The first kappa shape index (κ1) is 20.1. The van der Waals surface area contributed by atoms with Gasteiger partial charge in [0.1, 0.15) is 11.4 Å². The molecule has 0 saturated heterocycles. The van der Waals surface area contributed by atoms with Gasteiger partial charge in [0.15, 0.2) is 0 Å². The molecule has 0 saturated carbocycles. The highest BCUT2D eigenvalue weighted by molar-refractivity contribution is 6.36.